The fourth-order valence-corrected chi connectivity index (χ4v) is 0.806. The molecule has 0 atom stereocenters. The molecular formula is C8H14S. The topological polar surface area (TPSA) is 0 Å². The van der Waals surface area contributed by atoms with Crippen LogP contribution in [0.4, 0.5) is 0 Å². The summed E-state index contributed by atoms with van der Waals surface area (Å²) in [5.41, 5.74) is 0. The molecule has 0 aromatic heterocycles. The first kappa shape index (κ1) is 8.83. The van der Waals surface area contributed by atoms with Crippen molar-refractivity contribution in [3.05, 3.63) is 23.6 Å². The van der Waals surface area contributed by atoms with E-state index in [1.54, 1.807) is 0 Å². The number of hydrogen-bond acceptors (Lipinski definition) is 1. The van der Waals surface area contributed by atoms with Gasteiger partial charge in [-0.3, -0.25) is 0 Å². The normalized spacial score (nSPS) is 11.8. The lowest BCUT2D eigenvalue weighted by Crippen LogP contribution is -1.56. The molecule has 9 heavy (non-hydrogen) atoms. The van der Waals surface area contributed by atoms with Gasteiger partial charge < -0.3 is 0 Å². The maximum absolute atomic E-state index is 2.15. The molecule has 0 aliphatic carbocycles. The van der Waals surface area contributed by atoms with E-state index in [2.05, 4.69) is 37.5 Å². The van der Waals surface area contributed by atoms with Crippen molar-refractivity contribution in [1.82, 2.24) is 0 Å². The van der Waals surface area contributed by atoms with Crippen LogP contribution in [0.3, 0.4) is 0 Å². The Bertz CT molecular complexity index is 92.7. The summed E-state index contributed by atoms with van der Waals surface area (Å²) in [6.07, 6.45) is 7.44. The summed E-state index contributed by atoms with van der Waals surface area (Å²) in [6, 6.07) is 0. The molecule has 0 bridgehead atoms. The van der Waals surface area contributed by atoms with E-state index < -0.39 is 0 Å². The molecule has 0 amide bonds. The molecule has 1 heteroatoms. The summed E-state index contributed by atoms with van der Waals surface area (Å²) >= 11 is 1.83. The SMILES string of the molecule is CCC=CC=CSCC. The predicted molar refractivity (Wildman–Crippen MR) is 46.7 cm³/mol. The second-order valence-electron chi connectivity index (χ2n) is 1.62. The fourth-order valence-electron chi connectivity index (χ4n) is 0.412. The Morgan fingerprint density at radius 1 is 1.22 bits per heavy atom. The molecule has 0 saturated carbocycles. The minimum absolute atomic E-state index is 1.13. The molecule has 0 aromatic carbocycles. The number of rotatable bonds is 4. The van der Waals surface area contributed by atoms with E-state index in [1.165, 1.54) is 0 Å². The number of allylic oxidation sites excluding steroid dienone is 3. The largest absolute Gasteiger partial charge is 0.134 e. The summed E-state index contributed by atoms with van der Waals surface area (Å²) in [5, 5.41) is 2.12. The van der Waals surface area contributed by atoms with Gasteiger partial charge in [-0.2, -0.15) is 0 Å². The molecule has 0 rings (SSSR count). The van der Waals surface area contributed by atoms with Gasteiger partial charge >= 0.3 is 0 Å². The molecule has 0 aromatic rings. The predicted octanol–water partition coefficient (Wildman–Crippen LogP) is 3.22. The number of thioether (sulfide) groups is 1. The van der Waals surface area contributed by atoms with Gasteiger partial charge in [-0.25, -0.2) is 0 Å². The monoisotopic (exact) mass is 142 g/mol. The van der Waals surface area contributed by atoms with Crippen LogP contribution < -0.4 is 0 Å². The minimum atomic E-state index is 1.13. The van der Waals surface area contributed by atoms with Crippen molar-refractivity contribution in [3.8, 4) is 0 Å². The van der Waals surface area contributed by atoms with Gasteiger partial charge in [0, 0.05) is 0 Å². The highest BCUT2D eigenvalue weighted by Gasteiger charge is 1.68. The van der Waals surface area contributed by atoms with Crippen LogP contribution >= 0.6 is 11.8 Å². The molecule has 0 saturated heterocycles. The highest BCUT2D eigenvalue weighted by atomic mass is 32.2. The lowest BCUT2D eigenvalue weighted by Gasteiger charge is -1.79. The lowest BCUT2D eigenvalue weighted by atomic mass is 10.4. The van der Waals surface area contributed by atoms with Crippen molar-refractivity contribution >= 4 is 11.8 Å². The Kier molecular flexibility index (Phi) is 7.68. The van der Waals surface area contributed by atoms with Gasteiger partial charge in [0.25, 0.3) is 0 Å². The zero-order valence-corrected chi connectivity index (χ0v) is 6.95. The standard InChI is InChI=1S/C8H14S/c1-3-5-6-7-8-9-4-2/h5-8H,3-4H2,1-2H3. The van der Waals surface area contributed by atoms with Crippen molar-refractivity contribution in [1.29, 1.82) is 0 Å². The summed E-state index contributed by atoms with van der Waals surface area (Å²) in [4.78, 5) is 0. The maximum atomic E-state index is 2.15. The highest BCUT2D eigenvalue weighted by Crippen LogP contribution is 1.99. The van der Waals surface area contributed by atoms with E-state index in [0.29, 0.717) is 0 Å². The van der Waals surface area contributed by atoms with E-state index in [4.69, 9.17) is 0 Å². The van der Waals surface area contributed by atoms with E-state index >= 15 is 0 Å². The Morgan fingerprint density at radius 2 is 2.00 bits per heavy atom. The Balaban J connectivity index is 3.13. The van der Waals surface area contributed by atoms with Gasteiger partial charge in [0.05, 0.1) is 0 Å². The van der Waals surface area contributed by atoms with Crippen molar-refractivity contribution in [3.63, 3.8) is 0 Å². The smallest absolute Gasteiger partial charge is 0.00544 e. The molecule has 52 valence electrons. The van der Waals surface area contributed by atoms with Gasteiger partial charge in [-0.05, 0) is 17.6 Å². The zero-order valence-electron chi connectivity index (χ0n) is 6.13. The second kappa shape index (κ2) is 7.83. The van der Waals surface area contributed by atoms with E-state index in [0.717, 1.165) is 12.2 Å². The van der Waals surface area contributed by atoms with E-state index in [1.807, 2.05) is 11.8 Å². The van der Waals surface area contributed by atoms with Crippen LogP contribution in [0.1, 0.15) is 20.3 Å². The van der Waals surface area contributed by atoms with E-state index in [-0.39, 0.29) is 0 Å². The van der Waals surface area contributed by atoms with Crippen molar-refractivity contribution in [2.24, 2.45) is 0 Å². The summed E-state index contributed by atoms with van der Waals surface area (Å²) < 4.78 is 0. The summed E-state index contributed by atoms with van der Waals surface area (Å²) in [6.45, 7) is 4.29. The quantitative estimate of drug-likeness (QED) is 0.543. The minimum Gasteiger partial charge on any atom is -0.134 e. The molecular weight excluding hydrogens is 128 g/mol. The van der Waals surface area contributed by atoms with E-state index in [9.17, 15) is 0 Å². The Hall–Kier alpha value is -0.170. The van der Waals surface area contributed by atoms with Crippen LogP contribution in [0, 0.1) is 0 Å². The summed E-state index contributed by atoms with van der Waals surface area (Å²) in [7, 11) is 0. The van der Waals surface area contributed by atoms with Gasteiger partial charge in [0.2, 0.25) is 0 Å². The first-order chi connectivity index (χ1) is 4.41. The average molecular weight is 142 g/mol. The van der Waals surface area contributed by atoms with Crippen LogP contribution in [0.25, 0.3) is 0 Å². The first-order valence-corrected chi connectivity index (χ1v) is 4.40. The summed E-state index contributed by atoms with van der Waals surface area (Å²) in [5.74, 6) is 1.16. The molecule has 0 radical (unpaired) electrons. The average Bonchev–Trinajstić information content (AvgIpc) is 1.89. The molecule has 0 heterocycles. The molecule has 0 aliphatic heterocycles. The van der Waals surface area contributed by atoms with Gasteiger partial charge in [-0.1, -0.05) is 32.1 Å². The highest BCUT2D eigenvalue weighted by molar-refractivity contribution is 8.02. The van der Waals surface area contributed by atoms with Crippen LogP contribution in [0.15, 0.2) is 23.6 Å². The Labute approximate surface area is 62.0 Å². The van der Waals surface area contributed by atoms with Gasteiger partial charge in [0.1, 0.15) is 0 Å². The molecule has 0 unspecified atom stereocenters. The lowest BCUT2D eigenvalue weighted by molar-refractivity contribution is 1.22. The van der Waals surface area contributed by atoms with Gasteiger partial charge in [0.15, 0.2) is 0 Å². The van der Waals surface area contributed by atoms with Crippen LogP contribution in [-0.4, -0.2) is 5.75 Å². The fraction of sp³-hybridized carbons (Fsp3) is 0.500. The molecule has 0 fully saturated rings. The van der Waals surface area contributed by atoms with Crippen molar-refractivity contribution < 1.29 is 0 Å². The molecule has 0 nitrogen and oxygen atoms in total. The first-order valence-electron chi connectivity index (χ1n) is 3.35. The van der Waals surface area contributed by atoms with Crippen LogP contribution in [0.5, 0.6) is 0 Å². The Morgan fingerprint density at radius 3 is 2.56 bits per heavy atom. The van der Waals surface area contributed by atoms with Crippen molar-refractivity contribution in [2.75, 3.05) is 5.75 Å². The third-order valence-corrected chi connectivity index (χ3v) is 1.51. The van der Waals surface area contributed by atoms with Crippen molar-refractivity contribution in [2.45, 2.75) is 20.3 Å². The zero-order chi connectivity index (χ0) is 6.95. The molecule has 0 N–H and O–H groups in total. The van der Waals surface area contributed by atoms with Crippen LogP contribution in [0.2, 0.25) is 0 Å². The number of hydrogen-bond donors (Lipinski definition) is 0. The maximum Gasteiger partial charge on any atom is -0.00544 e. The third kappa shape index (κ3) is 7.83. The second-order valence-corrected chi connectivity index (χ2v) is 2.80. The third-order valence-electron chi connectivity index (χ3n) is 0.824. The van der Waals surface area contributed by atoms with Gasteiger partial charge in [-0.15, -0.1) is 11.8 Å². The molecule has 0 aliphatic rings. The van der Waals surface area contributed by atoms with Crippen LogP contribution in [-0.2, 0) is 0 Å². The molecule has 0 spiro atoms.